The van der Waals surface area contributed by atoms with Crippen LogP contribution in [0.15, 0.2) is 88.3 Å². The number of halogens is 1. The number of amides is 2. The Morgan fingerprint density at radius 3 is 2.31 bits per heavy atom. The average Bonchev–Trinajstić information content (AvgIpc) is 3.05. The topological polar surface area (TPSA) is 75.7 Å². The molecule has 35 heavy (non-hydrogen) atoms. The van der Waals surface area contributed by atoms with Crippen molar-refractivity contribution in [2.45, 2.75) is 31.8 Å². The number of aryl methyl sites for hydroxylation is 1. The zero-order valence-electron chi connectivity index (χ0n) is 19.4. The second-order valence-electron chi connectivity index (χ2n) is 8.15. The molecule has 1 aliphatic rings. The van der Waals surface area contributed by atoms with Crippen LogP contribution in [0, 0.1) is 6.92 Å². The summed E-state index contributed by atoms with van der Waals surface area (Å²) in [5.41, 5.74) is 2.36. The van der Waals surface area contributed by atoms with Gasteiger partial charge in [0.05, 0.1) is 17.4 Å². The van der Waals surface area contributed by atoms with Gasteiger partial charge >= 0.3 is 5.97 Å². The first-order chi connectivity index (χ1) is 16.7. The predicted molar refractivity (Wildman–Crippen MR) is 139 cm³/mol. The minimum atomic E-state index is -0.495. The standard InChI is InChI=1S/C27H23ClN2O4S/c1-16(2)34-27(33)18-10-13-20(14-11-18)30-25(31)23(29-22-15-19(28)12-9-17(22)3)24(26(30)32)35-21-7-5-4-6-8-21/h4-16,29H,1-3H3. The van der Waals surface area contributed by atoms with Gasteiger partial charge < -0.3 is 10.1 Å². The first kappa shape index (κ1) is 24.6. The number of ether oxygens (including phenoxy) is 1. The van der Waals surface area contributed by atoms with E-state index >= 15 is 0 Å². The van der Waals surface area contributed by atoms with Gasteiger partial charge in [0.2, 0.25) is 0 Å². The molecule has 3 aromatic carbocycles. The monoisotopic (exact) mass is 506 g/mol. The third kappa shape index (κ3) is 5.42. The minimum absolute atomic E-state index is 0.164. The van der Waals surface area contributed by atoms with Crippen molar-refractivity contribution < 1.29 is 19.1 Å². The smallest absolute Gasteiger partial charge is 0.338 e. The largest absolute Gasteiger partial charge is 0.459 e. The number of esters is 1. The fraction of sp³-hybridized carbons (Fsp3) is 0.148. The summed E-state index contributed by atoms with van der Waals surface area (Å²) in [4.78, 5) is 41.4. The van der Waals surface area contributed by atoms with E-state index in [0.717, 1.165) is 15.4 Å². The van der Waals surface area contributed by atoms with Gasteiger partial charge in [0.15, 0.2) is 0 Å². The Morgan fingerprint density at radius 2 is 1.66 bits per heavy atom. The molecular weight excluding hydrogens is 484 g/mol. The molecule has 2 amide bonds. The van der Waals surface area contributed by atoms with Crippen LogP contribution < -0.4 is 10.2 Å². The summed E-state index contributed by atoms with van der Waals surface area (Å²) in [6.07, 6.45) is -0.255. The van der Waals surface area contributed by atoms with E-state index in [4.69, 9.17) is 16.3 Å². The van der Waals surface area contributed by atoms with E-state index in [1.165, 1.54) is 23.9 Å². The molecule has 1 aliphatic heterocycles. The summed E-state index contributed by atoms with van der Waals surface area (Å²) in [5, 5.41) is 3.65. The second-order valence-corrected chi connectivity index (χ2v) is 9.67. The number of anilines is 2. The number of hydrogen-bond acceptors (Lipinski definition) is 6. The van der Waals surface area contributed by atoms with Crippen LogP contribution in [-0.2, 0) is 14.3 Å². The molecule has 0 aliphatic carbocycles. The van der Waals surface area contributed by atoms with E-state index in [0.29, 0.717) is 22.0 Å². The summed E-state index contributed by atoms with van der Waals surface area (Å²) in [5.74, 6) is -1.42. The van der Waals surface area contributed by atoms with Gasteiger partial charge in [0, 0.05) is 15.6 Å². The summed E-state index contributed by atoms with van der Waals surface area (Å²) in [6.45, 7) is 5.42. The van der Waals surface area contributed by atoms with Gasteiger partial charge in [-0.25, -0.2) is 9.69 Å². The lowest BCUT2D eigenvalue weighted by molar-refractivity contribution is -0.120. The summed E-state index contributed by atoms with van der Waals surface area (Å²) >= 11 is 7.38. The maximum atomic E-state index is 13.5. The molecule has 0 spiro atoms. The predicted octanol–water partition coefficient (Wildman–Crippen LogP) is 6.20. The van der Waals surface area contributed by atoms with E-state index in [1.807, 2.05) is 43.3 Å². The van der Waals surface area contributed by atoms with Gasteiger partial charge in [0.1, 0.15) is 10.6 Å². The zero-order valence-corrected chi connectivity index (χ0v) is 20.9. The highest BCUT2D eigenvalue weighted by molar-refractivity contribution is 8.04. The molecule has 8 heteroatoms. The van der Waals surface area contributed by atoms with Gasteiger partial charge in [-0.1, -0.05) is 47.6 Å². The first-order valence-electron chi connectivity index (χ1n) is 10.9. The third-order valence-corrected chi connectivity index (χ3v) is 6.49. The van der Waals surface area contributed by atoms with E-state index in [-0.39, 0.29) is 16.7 Å². The molecule has 0 bridgehead atoms. The lowest BCUT2D eigenvalue weighted by Gasteiger charge is -2.16. The van der Waals surface area contributed by atoms with Crippen molar-refractivity contribution in [2.24, 2.45) is 0 Å². The fourth-order valence-electron chi connectivity index (χ4n) is 3.45. The maximum absolute atomic E-state index is 13.5. The lowest BCUT2D eigenvalue weighted by Crippen LogP contribution is -2.32. The molecule has 4 rings (SSSR count). The average molecular weight is 507 g/mol. The first-order valence-corrected chi connectivity index (χ1v) is 12.1. The second kappa shape index (κ2) is 10.4. The molecule has 178 valence electrons. The Balaban J connectivity index is 1.69. The van der Waals surface area contributed by atoms with Gasteiger partial charge in [0.25, 0.3) is 11.8 Å². The van der Waals surface area contributed by atoms with Crippen molar-refractivity contribution >= 4 is 52.5 Å². The fourth-order valence-corrected chi connectivity index (χ4v) is 4.57. The Labute approximate surface area is 212 Å². The number of nitrogens with one attached hydrogen (secondary N) is 1. The van der Waals surface area contributed by atoms with Crippen LogP contribution in [0.5, 0.6) is 0 Å². The van der Waals surface area contributed by atoms with Crippen molar-refractivity contribution in [1.29, 1.82) is 0 Å². The van der Waals surface area contributed by atoms with Crippen molar-refractivity contribution in [1.82, 2.24) is 0 Å². The summed E-state index contributed by atoms with van der Waals surface area (Å²) in [6, 6.07) is 20.9. The van der Waals surface area contributed by atoms with E-state index in [1.54, 1.807) is 38.1 Å². The molecule has 0 radical (unpaired) electrons. The van der Waals surface area contributed by atoms with E-state index < -0.39 is 17.8 Å². The van der Waals surface area contributed by atoms with Crippen LogP contribution >= 0.6 is 23.4 Å². The highest BCUT2D eigenvalue weighted by atomic mass is 35.5. The van der Waals surface area contributed by atoms with E-state index in [2.05, 4.69) is 5.32 Å². The number of benzene rings is 3. The molecule has 1 heterocycles. The van der Waals surface area contributed by atoms with Crippen molar-refractivity contribution in [2.75, 3.05) is 10.2 Å². The van der Waals surface area contributed by atoms with Crippen LogP contribution in [0.25, 0.3) is 0 Å². The number of nitrogens with zero attached hydrogens (tertiary/aromatic N) is 1. The number of carbonyl (C=O) groups is 3. The number of imide groups is 1. The highest BCUT2D eigenvalue weighted by Gasteiger charge is 2.40. The number of thioether (sulfide) groups is 1. The SMILES string of the molecule is Cc1ccc(Cl)cc1NC1=C(Sc2ccccc2)C(=O)N(c2ccc(C(=O)OC(C)C)cc2)C1=O. The molecule has 0 saturated heterocycles. The van der Waals surface area contributed by atoms with Crippen LogP contribution in [-0.4, -0.2) is 23.9 Å². The number of carbonyl (C=O) groups excluding carboxylic acids is 3. The van der Waals surface area contributed by atoms with Crippen molar-refractivity contribution in [3.05, 3.63) is 99.5 Å². The quantitative estimate of drug-likeness (QED) is 0.303. The molecule has 0 atom stereocenters. The van der Waals surface area contributed by atoms with Gasteiger partial charge in [-0.2, -0.15) is 0 Å². The van der Waals surface area contributed by atoms with Gasteiger partial charge in [-0.15, -0.1) is 0 Å². The van der Waals surface area contributed by atoms with Crippen LogP contribution in [0.2, 0.25) is 5.02 Å². The van der Waals surface area contributed by atoms with Crippen LogP contribution in [0.1, 0.15) is 29.8 Å². The summed E-state index contributed by atoms with van der Waals surface area (Å²) in [7, 11) is 0. The van der Waals surface area contributed by atoms with Crippen LogP contribution in [0.3, 0.4) is 0 Å². The number of rotatable bonds is 7. The normalized spacial score (nSPS) is 13.6. The van der Waals surface area contributed by atoms with Crippen LogP contribution in [0.4, 0.5) is 11.4 Å². The lowest BCUT2D eigenvalue weighted by atomic mass is 10.2. The molecule has 6 nitrogen and oxygen atoms in total. The highest BCUT2D eigenvalue weighted by Crippen LogP contribution is 2.38. The third-order valence-electron chi connectivity index (χ3n) is 5.17. The Hall–Kier alpha value is -3.55. The molecule has 0 aromatic heterocycles. The molecule has 0 fully saturated rings. The molecule has 3 aromatic rings. The maximum Gasteiger partial charge on any atom is 0.338 e. The van der Waals surface area contributed by atoms with Gasteiger partial charge in [-0.3, -0.25) is 9.59 Å². The summed E-state index contributed by atoms with van der Waals surface area (Å²) < 4.78 is 5.21. The van der Waals surface area contributed by atoms with Gasteiger partial charge in [-0.05, 0) is 74.9 Å². The van der Waals surface area contributed by atoms with Crippen molar-refractivity contribution in [3.8, 4) is 0 Å². The number of hydrogen-bond donors (Lipinski definition) is 1. The van der Waals surface area contributed by atoms with Crippen molar-refractivity contribution in [3.63, 3.8) is 0 Å². The molecular formula is C27H23ClN2O4S. The zero-order chi connectivity index (χ0) is 25.1. The Bertz CT molecular complexity index is 1320. The molecule has 0 unspecified atom stereocenters. The Kier molecular flexibility index (Phi) is 7.28. The molecule has 1 N–H and O–H groups in total. The Morgan fingerprint density at radius 1 is 0.971 bits per heavy atom. The van der Waals surface area contributed by atoms with E-state index in [9.17, 15) is 14.4 Å². The minimum Gasteiger partial charge on any atom is -0.459 e. The molecule has 0 saturated carbocycles.